The van der Waals surface area contributed by atoms with Gasteiger partial charge in [-0.3, -0.25) is 0 Å². The first-order valence-electron chi connectivity index (χ1n) is 6.67. The minimum atomic E-state index is -0.378. The van der Waals surface area contributed by atoms with Gasteiger partial charge in [-0.25, -0.2) is 0 Å². The van der Waals surface area contributed by atoms with Crippen LogP contribution in [0.3, 0.4) is 0 Å². The van der Waals surface area contributed by atoms with Gasteiger partial charge in [0, 0.05) is 6.54 Å². The average Bonchev–Trinajstić information content (AvgIpc) is 2.30. The van der Waals surface area contributed by atoms with E-state index in [0.717, 1.165) is 31.8 Å². The van der Waals surface area contributed by atoms with Gasteiger partial charge in [0.25, 0.3) is 0 Å². The lowest BCUT2D eigenvalue weighted by molar-refractivity contribution is -0.0547. The van der Waals surface area contributed by atoms with Crippen LogP contribution >= 0.6 is 0 Å². The quantitative estimate of drug-likeness (QED) is 0.734. The maximum absolute atomic E-state index is 10.6. The van der Waals surface area contributed by atoms with E-state index in [1.54, 1.807) is 0 Å². The van der Waals surface area contributed by atoms with Gasteiger partial charge in [-0.2, -0.15) is 0 Å². The zero-order valence-electron chi connectivity index (χ0n) is 9.97. The lowest BCUT2D eigenvalue weighted by atomic mass is 9.70. The van der Waals surface area contributed by atoms with E-state index in [4.69, 9.17) is 0 Å². The van der Waals surface area contributed by atoms with Crippen LogP contribution in [0.4, 0.5) is 0 Å². The summed E-state index contributed by atoms with van der Waals surface area (Å²) in [5.41, 5.74) is -0.378. The van der Waals surface area contributed by atoms with E-state index in [-0.39, 0.29) is 5.60 Å². The summed E-state index contributed by atoms with van der Waals surface area (Å²) in [6.07, 6.45) is 8.65. The summed E-state index contributed by atoms with van der Waals surface area (Å²) in [4.78, 5) is 0. The van der Waals surface area contributed by atoms with Crippen molar-refractivity contribution < 1.29 is 5.11 Å². The molecule has 1 aliphatic carbocycles. The molecule has 2 aliphatic rings. The summed E-state index contributed by atoms with van der Waals surface area (Å²) >= 11 is 0. The van der Waals surface area contributed by atoms with Gasteiger partial charge in [-0.05, 0) is 44.1 Å². The van der Waals surface area contributed by atoms with E-state index in [0.29, 0.717) is 5.92 Å². The molecule has 0 spiro atoms. The number of rotatable bonds is 2. The van der Waals surface area contributed by atoms with Crippen LogP contribution in [0.5, 0.6) is 0 Å². The fraction of sp³-hybridized carbons (Fsp3) is 1.00. The van der Waals surface area contributed by atoms with Crippen LogP contribution in [0.15, 0.2) is 0 Å². The van der Waals surface area contributed by atoms with E-state index < -0.39 is 0 Å². The minimum Gasteiger partial charge on any atom is -0.388 e. The first kappa shape index (κ1) is 11.4. The van der Waals surface area contributed by atoms with Gasteiger partial charge >= 0.3 is 0 Å². The van der Waals surface area contributed by atoms with Crippen molar-refractivity contribution in [1.82, 2.24) is 5.32 Å². The van der Waals surface area contributed by atoms with Crippen LogP contribution in [0.25, 0.3) is 0 Å². The molecule has 1 aliphatic heterocycles. The van der Waals surface area contributed by atoms with Gasteiger partial charge in [-0.15, -0.1) is 0 Å². The molecule has 1 unspecified atom stereocenters. The highest BCUT2D eigenvalue weighted by Crippen LogP contribution is 2.39. The average molecular weight is 211 g/mol. The Kier molecular flexibility index (Phi) is 3.68. The Morgan fingerprint density at radius 3 is 2.53 bits per heavy atom. The Bertz CT molecular complexity index is 191. The van der Waals surface area contributed by atoms with Crippen molar-refractivity contribution in [2.75, 3.05) is 13.1 Å². The van der Waals surface area contributed by atoms with E-state index in [9.17, 15) is 5.11 Å². The minimum absolute atomic E-state index is 0.378. The van der Waals surface area contributed by atoms with Crippen molar-refractivity contribution in [2.45, 2.75) is 57.5 Å². The van der Waals surface area contributed by atoms with E-state index in [1.807, 2.05) is 0 Å². The van der Waals surface area contributed by atoms with Crippen molar-refractivity contribution in [3.8, 4) is 0 Å². The fourth-order valence-corrected chi connectivity index (χ4v) is 3.37. The lowest BCUT2D eigenvalue weighted by Crippen LogP contribution is -2.51. The smallest absolute Gasteiger partial charge is 0.0800 e. The maximum atomic E-state index is 10.6. The second-order valence-corrected chi connectivity index (χ2v) is 5.51. The van der Waals surface area contributed by atoms with Crippen LogP contribution in [-0.2, 0) is 0 Å². The second kappa shape index (κ2) is 4.84. The highest BCUT2D eigenvalue weighted by Gasteiger charge is 2.39. The summed E-state index contributed by atoms with van der Waals surface area (Å²) in [5, 5.41) is 13.9. The summed E-state index contributed by atoms with van der Waals surface area (Å²) in [6, 6.07) is 0. The number of nitrogens with one attached hydrogen (secondary N) is 1. The molecule has 2 nitrogen and oxygen atoms in total. The van der Waals surface area contributed by atoms with Gasteiger partial charge < -0.3 is 10.4 Å². The molecule has 2 rings (SSSR count). The molecular formula is C13H25NO. The van der Waals surface area contributed by atoms with Crippen LogP contribution < -0.4 is 5.32 Å². The largest absolute Gasteiger partial charge is 0.388 e. The third-order valence-corrected chi connectivity index (χ3v) is 4.58. The van der Waals surface area contributed by atoms with Crippen molar-refractivity contribution in [2.24, 2.45) is 11.8 Å². The molecule has 88 valence electrons. The summed E-state index contributed by atoms with van der Waals surface area (Å²) in [7, 11) is 0. The summed E-state index contributed by atoms with van der Waals surface area (Å²) in [5.74, 6) is 1.49. The molecule has 2 heteroatoms. The molecule has 2 fully saturated rings. The predicted octanol–water partition coefficient (Wildman–Crippen LogP) is 2.32. The van der Waals surface area contributed by atoms with Gasteiger partial charge in [-0.1, -0.05) is 26.2 Å². The number of hydrogen-bond acceptors (Lipinski definition) is 2. The lowest BCUT2D eigenvalue weighted by Gasteiger charge is -2.42. The number of piperidine rings is 1. The molecular weight excluding hydrogens is 186 g/mol. The first-order chi connectivity index (χ1) is 7.24. The monoisotopic (exact) mass is 211 g/mol. The van der Waals surface area contributed by atoms with Crippen LogP contribution in [-0.4, -0.2) is 23.8 Å². The SMILES string of the molecule is CCC1CCC(C2(O)CCCNC2)CC1. The Balaban J connectivity index is 1.88. The molecule has 1 saturated heterocycles. The summed E-state index contributed by atoms with van der Waals surface area (Å²) in [6.45, 7) is 4.21. The van der Waals surface area contributed by atoms with Crippen LogP contribution in [0, 0.1) is 11.8 Å². The van der Waals surface area contributed by atoms with Crippen molar-refractivity contribution in [3.63, 3.8) is 0 Å². The van der Waals surface area contributed by atoms with E-state index in [1.165, 1.54) is 32.1 Å². The molecule has 1 atom stereocenters. The highest BCUT2D eigenvalue weighted by atomic mass is 16.3. The molecule has 1 saturated carbocycles. The Morgan fingerprint density at radius 2 is 2.00 bits per heavy atom. The molecule has 0 aromatic carbocycles. The molecule has 0 radical (unpaired) electrons. The van der Waals surface area contributed by atoms with Crippen molar-refractivity contribution in [3.05, 3.63) is 0 Å². The molecule has 0 aromatic rings. The van der Waals surface area contributed by atoms with Gasteiger partial charge in [0.15, 0.2) is 0 Å². The molecule has 0 amide bonds. The van der Waals surface area contributed by atoms with Crippen LogP contribution in [0.1, 0.15) is 51.9 Å². The van der Waals surface area contributed by atoms with E-state index in [2.05, 4.69) is 12.2 Å². The highest BCUT2D eigenvalue weighted by molar-refractivity contribution is 4.93. The maximum Gasteiger partial charge on any atom is 0.0800 e. The van der Waals surface area contributed by atoms with Gasteiger partial charge in [0.1, 0.15) is 0 Å². The Morgan fingerprint density at radius 1 is 1.27 bits per heavy atom. The summed E-state index contributed by atoms with van der Waals surface area (Å²) < 4.78 is 0. The fourth-order valence-electron chi connectivity index (χ4n) is 3.37. The third-order valence-electron chi connectivity index (χ3n) is 4.58. The standard InChI is InChI=1S/C13H25NO/c1-2-11-4-6-12(7-5-11)13(15)8-3-9-14-10-13/h11-12,14-15H,2-10H2,1H3. The second-order valence-electron chi connectivity index (χ2n) is 5.51. The zero-order chi connectivity index (χ0) is 10.7. The molecule has 0 bridgehead atoms. The van der Waals surface area contributed by atoms with Gasteiger partial charge in [0.05, 0.1) is 5.60 Å². The van der Waals surface area contributed by atoms with Gasteiger partial charge in [0.2, 0.25) is 0 Å². The number of hydrogen-bond donors (Lipinski definition) is 2. The van der Waals surface area contributed by atoms with Crippen molar-refractivity contribution >= 4 is 0 Å². The first-order valence-corrected chi connectivity index (χ1v) is 6.67. The molecule has 15 heavy (non-hydrogen) atoms. The Labute approximate surface area is 93.5 Å². The van der Waals surface area contributed by atoms with E-state index >= 15 is 0 Å². The third kappa shape index (κ3) is 2.54. The number of aliphatic hydroxyl groups is 1. The number of β-amino-alcohol motifs (C(OH)–C–C–N with tert-alkyl or cyclic N) is 1. The molecule has 1 heterocycles. The molecule has 0 aromatic heterocycles. The Hall–Kier alpha value is -0.0800. The predicted molar refractivity (Wildman–Crippen MR) is 62.8 cm³/mol. The molecule has 2 N–H and O–H groups in total. The topological polar surface area (TPSA) is 32.3 Å². The van der Waals surface area contributed by atoms with Crippen LogP contribution in [0.2, 0.25) is 0 Å². The zero-order valence-corrected chi connectivity index (χ0v) is 9.97. The normalized spacial score (nSPS) is 42.8. The van der Waals surface area contributed by atoms with Crippen molar-refractivity contribution in [1.29, 1.82) is 0 Å².